The predicted molar refractivity (Wildman–Crippen MR) is 107 cm³/mol. The maximum atomic E-state index is 6.09. The number of hydrogen-bond donors (Lipinski definition) is 1. The largest absolute Gasteiger partial charge is 0.357 e. The molecule has 3 aromatic heterocycles. The molecule has 0 spiro atoms. The molecule has 26 heavy (non-hydrogen) atoms. The van der Waals surface area contributed by atoms with E-state index in [4.69, 9.17) is 16.6 Å². The van der Waals surface area contributed by atoms with Crippen LogP contribution < -0.4 is 5.32 Å². The molecular weight excluding hydrogens is 348 g/mol. The van der Waals surface area contributed by atoms with E-state index in [1.807, 2.05) is 43.1 Å². The molecule has 7 heteroatoms. The predicted octanol–water partition coefficient (Wildman–Crippen LogP) is 3.23. The smallest absolute Gasteiger partial charge is 0.194 e. The number of nitrogens with one attached hydrogen (secondary N) is 1. The molecule has 0 aliphatic carbocycles. The number of imidazole rings is 1. The second-order valence-corrected chi connectivity index (χ2v) is 6.85. The van der Waals surface area contributed by atoms with Crippen molar-refractivity contribution in [1.82, 2.24) is 24.2 Å². The second-order valence-electron chi connectivity index (χ2n) is 6.41. The van der Waals surface area contributed by atoms with E-state index in [9.17, 15) is 0 Å². The number of aliphatic imine (C=N–C) groups is 1. The highest BCUT2D eigenvalue weighted by Gasteiger charge is 2.10. The van der Waals surface area contributed by atoms with E-state index in [1.165, 1.54) is 0 Å². The molecule has 0 fully saturated rings. The van der Waals surface area contributed by atoms with Gasteiger partial charge in [-0.2, -0.15) is 0 Å². The zero-order valence-electron chi connectivity index (χ0n) is 15.7. The van der Waals surface area contributed by atoms with Crippen LogP contribution in [0.25, 0.3) is 5.65 Å². The molecule has 0 atom stereocenters. The van der Waals surface area contributed by atoms with Gasteiger partial charge in [-0.25, -0.2) is 9.98 Å². The lowest BCUT2D eigenvalue weighted by Gasteiger charge is -2.22. The van der Waals surface area contributed by atoms with Crippen LogP contribution in [0.1, 0.15) is 24.0 Å². The first-order valence-corrected chi connectivity index (χ1v) is 9.09. The van der Waals surface area contributed by atoms with Crippen LogP contribution in [-0.4, -0.2) is 38.4 Å². The van der Waals surface area contributed by atoms with Crippen molar-refractivity contribution in [1.29, 1.82) is 0 Å². The summed E-state index contributed by atoms with van der Waals surface area (Å²) >= 11 is 6.09. The fraction of sp³-hybridized carbons (Fsp3) is 0.368. The van der Waals surface area contributed by atoms with Crippen LogP contribution in [0.4, 0.5) is 0 Å². The number of fused-ring (bicyclic) bond motifs is 1. The number of rotatable bonds is 5. The molecule has 138 valence electrons. The van der Waals surface area contributed by atoms with Crippen LogP contribution >= 0.6 is 11.6 Å². The number of halogens is 1. The van der Waals surface area contributed by atoms with Gasteiger partial charge in [-0.15, -0.1) is 0 Å². The van der Waals surface area contributed by atoms with Crippen molar-refractivity contribution in [2.24, 2.45) is 12.0 Å². The van der Waals surface area contributed by atoms with Crippen molar-refractivity contribution < 1.29 is 0 Å². The SMILES string of the molecule is CCNC(=NCc1cn2c(C)cccc2n1)N(C)Cc1cc(Cl)cn1C. The Bertz CT molecular complexity index is 923. The fourth-order valence-electron chi connectivity index (χ4n) is 2.94. The first kappa shape index (κ1) is 18.3. The molecule has 6 nitrogen and oxygen atoms in total. The molecule has 0 saturated carbocycles. The molecular formula is C19H25ClN6. The summed E-state index contributed by atoms with van der Waals surface area (Å²) < 4.78 is 4.13. The molecule has 0 aliphatic rings. The van der Waals surface area contributed by atoms with Crippen LogP contribution in [0.15, 0.2) is 41.7 Å². The highest BCUT2D eigenvalue weighted by molar-refractivity contribution is 6.30. The van der Waals surface area contributed by atoms with Crippen molar-refractivity contribution in [2.45, 2.75) is 26.9 Å². The van der Waals surface area contributed by atoms with E-state index in [-0.39, 0.29) is 0 Å². The second kappa shape index (κ2) is 7.83. The minimum atomic E-state index is 0.529. The Kier molecular flexibility index (Phi) is 5.52. The van der Waals surface area contributed by atoms with Crippen molar-refractivity contribution in [3.05, 3.63) is 58.8 Å². The first-order chi connectivity index (χ1) is 12.5. The average Bonchev–Trinajstić information content (AvgIpc) is 3.15. The summed E-state index contributed by atoms with van der Waals surface area (Å²) in [4.78, 5) is 11.5. The molecule has 0 amide bonds. The average molecular weight is 373 g/mol. The van der Waals surface area contributed by atoms with E-state index in [2.05, 4.69) is 45.7 Å². The molecule has 3 aromatic rings. The topological polar surface area (TPSA) is 49.9 Å². The Morgan fingerprint density at radius 1 is 1.35 bits per heavy atom. The normalized spacial score (nSPS) is 12.0. The number of nitrogens with zero attached hydrogens (tertiary/aromatic N) is 5. The molecule has 3 heterocycles. The zero-order valence-corrected chi connectivity index (χ0v) is 16.5. The zero-order chi connectivity index (χ0) is 18.7. The van der Waals surface area contributed by atoms with E-state index < -0.39 is 0 Å². The lowest BCUT2D eigenvalue weighted by molar-refractivity contribution is 0.461. The lowest BCUT2D eigenvalue weighted by atomic mass is 10.4. The Hall–Kier alpha value is -2.47. The lowest BCUT2D eigenvalue weighted by Crippen LogP contribution is -2.38. The van der Waals surface area contributed by atoms with Crippen LogP contribution in [0.3, 0.4) is 0 Å². The summed E-state index contributed by atoms with van der Waals surface area (Å²) in [5.74, 6) is 0.846. The van der Waals surface area contributed by atoms with Gasteiger partial charge in [-0.3, -0.25) is 0 Å². The Morgan fingerprint density at radius 2 is 2.15 bits per heavy atom. The minimum absolute atomic E-state index is 0.529. The molecule has 1 N–H and O–H groups in total. The van der Waals surface area contributed by atoms with Crippen molar-refractivity contribution >= 4 is 23.2 Å². The van der Waals surface area contributed by atoms with Gasteiger partial charge in [0.1, 0.15) is 5.65 Å². The van der Waals surface area contributed by atoms with Gasteiger partial charge in [0.15, 0.2) is 5.96 Å². The van der Waals surface area contributed by atoms with Crippen LogP contribution in [-0.2, 0) is 20.1 Å². The number of aryl methyl sites for hydroxylation is 2. The highest BCUT2D eigenvalue weighted by atomic mass is 35.5. The fourth-order valence-corrected chi connectivity index (χ4v) is 3.21. The van der Waals surface area contributed by atoms with Gasteiger partial charge in [0.25, 0.3) is 0 Å². The van der Waals surface area contributed by atoms with Gasteiger partial charge in [-0.05, 0) is 32.0 Å². The summed E-state index contributed by atoms with van der Waals surface area (Å²) in [6.07, 6.45) is 3.96. The van der Waals surface area contributed by atoms with Crippen molar-refractivity contribution in [3.8, 4) is 0 Å². The minimum Gasteiger partial charge on any atom is -0.357 e. The maximum absolute atomic E-state index is 6.09. The number of pyridine rings is 1. The third-order valence-corrected chi connectivity index (χ3v) is 4.51. The molecule has 0 aliphatic heterocycles. The van der Waals surface area contributed by atoms with E-state index in [1.54, 1.807) is 0 Å². The standard InChI is InChI=1S/C19H25ClN6/c1-5-21-19(25(4)13-17-9-15(20)11-24(17)3)22-10-16-12-26-14(2)7-6-8-18(26)23-16/h6-9,11-12H,5,10,13H2,1-4H3,(H,21,22). The summed E-state index contributed by atoms with van der Waals surface area (Å²) in [7, 11) is 4.02. The van der Waals surface area contributed by atoms with E-state index >= 15 is 0 Å². The highest BCUT2D eigenvalue weighted by Crippen LogP contribution is 2.14. The number of hydrogen-bond acceptors (Lipinski definition) is 2. The van der Waals surface area contributed by atoms with Crippen LogP contribution in [0.2, 0.25) is 5.02 Å². The van der Waals surface area contributed by atoms with E-state index in [0.29, 0.717) is 6.54 Å². The van der Waals surface area contributed by atoms with Gasteiger partial charge >= 0.3 is 0 Å². The number of aromatic nitrogens is 3. The molecule has 0 radical (unpaired) electrons. The van der Waals surface area contributed by atoms with Crippen molar-refractivity contribution in [3.63, 3.8) is 0 Å². The summed E-state index contributed by atoms with van der Waals surface area (Å²) in [6.45, 7) is 6.20. The van der Waals surface area contributed by atoms with Gasteiger partial charge in [0.2, 0.25) is 0 Å². The van der Waals surface area contributed by atoms with Gasteiger partial charge < -0.3 is 19.2 Å². The van der Waals surface area contributed by atoms with Gasteiger partial charge in [-0.1, -0.05) is 17.7 Å². The Labute approximate surface area is 159 Å². The van der Waals surface area contributed by atoms with Gasteiger partial charge in [0, 0.05) is 44.4 Å². The van der Waals surface area contributed by atoms with Crippen LogP contribution in [0, 0.1) is 6.92 Å². The summed E-state index contributed by atoms with van der Waals surface area (Å²) in [5, 5.41) is 4.09. The molecule has 0 saturated heterocycles. The van der Waals surface area contributed by atoms with Crippen molar-refractivity contribution in [2.75, 3.05) is 13.6 Å². The van der Waals surface area contributed by atoms with Crippen LogP contribution in [0.5, 0.6) is 0 Å². The molecule has 0 aromatic carbocycles. The first-order valence-electron chi connectivity index (χ1n) is 8.71. The maximum Gasteiger partial charge on any atom is 0.194 e. The number of guanidine groups is 1. The monoisotopic (exact) mass is 372 g/mol. The van der Waals surface area contributed by atoms with E-state index in [0.717, 1.165) is 46.8 Å². The van der Waals surface area contributed by atoms with Gasteiger partial charge in [0.05, 0.1) is 23.8 Å². The molecule has 0 bridgehead atoms. The molecule has 3 rings (SSSR count). The summed E-state index contributed by atoms with van der Waals surface area (Å²) in [6, 6.07) is 8.08. The Morgan fingerprint density at radius 3 is 2.81 bits per heavy atom. The molecule has 0 unspecified atom stereocenters. The summed E-state index contributed by atoms with van der Waals surface area (Å²) in [5.41, 5.74) is 4.19. The third-order valence-electron chi connectivity index (χ3n) is 4.31. The third kappa shape index (κ3) is 4.02. The quantitative estimate of drug-likeness (QED) is 0.552. The Balaban J connectivity index is 1.77.